The Kier molecular flexibility index (Phi) is 8.97. The first-order valence-corrected chi connectivity index (χ1v) is 7.45. The molecular formula is C10H25NO7P+. The fourth-order valence-electron chi connectivity index (χ4n) is 0.951. The monoisotopic (exact) mass is 302 g/mol. The highest BCUT2D eigenvalue weighted by Crippen LogP contribution is 2.42. The molecule has 116 valence electrons. The van der Waals surface area contributed by atoms with Gasteiger partial charge in [-0.3, -0.25) is 9.05 Å². The van der Waals surface area contributed by atoms with Gasteiger partial charge in [-0.15, -0.1) is 0 Å². The van der Waals surface area contributed by atoms with Crippen LogP contribution in [0.2, 0.25) is 0 Å². The molecule has 2 unspecified atom stereocenters. The number of hydrogen-bond donors (Lipinski definition) is 3. The second-order valence-corrected chi connectivity index (χ2v) is 6.51. The van der Waals surface area contributed by atoms with Crippen LogP contribution in [0, 0.1) is 0 Å². The Morgan fingerprint density at radius 1 is 1.16 bits per heavy atom. The third-order valence-electron chi connectivity index (χ3n) is 2.02. The molecular weight excluding hydrogens is 277 g/mol. The van der Waals surface area contributed by atoms with E-state index in [1.807, 2.05) is 21.1 Å². The molecule has 19 heavy (non-hydrogen) atoms. The molecule has 0 heterocycles. The zero-order chi connectivity index (χ0) is 14.9. The van der Waals surface area contributed by atoms with E-state index >= 15 is 0 Å². The largest absolute Gasteiger partial charge is 0.472 e. The Morgan fingerprint density at radius 2 is 1.74 bits per heavy atom. The summed E-state index contributed by atoms with van der Waals surface area (Å²) in [6.07, 6.45) is -0.957. The fraction of sp³-hybridized carbons (Fsp3) is 1.00. The highest BCUT2D eigenvalue weighted by molar-refractivity contribution is 7.47. The van der Waals surface area contributed by atoms with Gasteiger partial charge < -0.3 is 24.3 Å². The van der Waals surface area contributed by atoms with Crippen molar-refractivity contribution in [2.75, 3.05) is 60.7 Å². The van der Waals surface area contributed by atoms with E-state index in [1.54, 1.807) is 0 Å². The van der Waals surface area contributed by atoms with Gasteiger partial charge in [0.1, 0.15) is 19.3 Å². The van der Waals surface area contributed by atoms with Gasteiger partial charge in [-0.2, -0.15) is 0 Å². The Hall–Kier alpha value is -0.0500. The van der Waals surface area contributed by atoms with E-state index in [4.69, 9.17) is 19.5 Å². The maximum atomic E-state index is 11.4. The SMILES string of the molecule is C[N+](C)(C)CCOP(=O)(O)OCCOCC(O)CO. The molecule has 0 saturated carbocycles. The number of phosphoric acid groups is 1. The molecule has 0 aliphatic heterocycles. The molecule has 3 N–H and O–H groups in total. The third-order valence-corrected chi connectivity index (χ3v) is 3.04. The number of hydrogen-bond acceptors (Lipinski definition) is 6. The average molecular weight is 302 g/mol. The highest BCUT2D eigenvalue weighted by Gasteiger charge is 2.22. The zero-order valence-electron chi connectivity index (χ0n) is 11.7. The summed E-state index contributed by atoms with van der Waals surface area (Å²) in [6.45, 7) is 0.135. The molecule has 0 fully saturated rings. The van der Waals surface area contributed by atoms with E-state index in [0.717, 1.165) is 0 Å². The summed E-state index contributed by atoms with van der Waals surface area (Å²) in [7, 11) is 1.76. The van der Waals surface area contributed by atoms with Crippen molar-refractivity contribution in [1.29, 1.82) is 0 Å². The van der Waals surface area contributed by atoms with Crippen LogP contribution in [0.4, 0.5) is 0 Å². The van der Waals surface area contributed by atoms with Crippen LogP contribution in [0.1, 0.15) is 0 Å². The number of aliphatic hydroxyl groups excluding tert-OH is 2. The van der Waals surface area contributed by atoms with Crippen molar-refractivity contribution in [2.24, 2.45) is 0 Å². The molecule has 9 heteroatoms. The van der Waals surface area contributed by atoms with Crippen molar-refractivity contribution in [3.63, 3.8) is 0 Å². The van der Waals surface area contributed by atoms with Crippen LogP contribution in [0.3, 0.4) is 0 Å². The van der Waals surface area contributed by atoms with Gasteiger partial charge in [0, 0.05) is 0 Å². The number of ether oxygens (including phenoxy) is 1. The lowest BCUT2D eigenvalue weighted by molar-refractivity contribution is -0.870. The molecule has 2 atom stereocenters. The number of nitrogens with zero attached hydrogens (tertiary/aromatic N) is 1. The topological polar surface area (TPSA) is 105 Å². The standard InChI is InChI=1S/C10H24NO7P/c1-11(2,3)4-5-17-19(14,15)18-7-6-16-9-10(13)8-12/h10,12-13H,4-9H2,1-3H3/p+1. The molecule has 0 aromatic heterocycles. The predicted octanol–water partition coefficient (Wildman–Crippen LogP) is -0.804. The van der Waals surface area contributed by atoms with Crippen molar-refractivity contribution < 1.29 is 37.9 Å². The minimum atomic E-state index is -4.05. The minimum absolute atomic E-state index is 0.0281. The number of quaternary nitrogens is 1. The summed E-state index contributed by atoms with van der Waals surface area (Å²) in [5, 5.41) is 17.5. The van der Waals surface area contributed by atoms with E-state index in [1.165, 1.54) is 0 Å². The normalized spacial score (nSPS) is 17.2. The molecule has 0 aliphatic rings. The Morgan fingerprint density at radius 3 is 2.26 bits per heavy atom. The van der Waals surface area contributed by atoms with Gasteiger partial charge in [-0.1, -0.05) is 0 Å². The van der Waals surface area contributed by atoms with Gasteiger partial charge in [0.25, 0.3) is 0 Å². The summed E-state index contributed by atoms with van der Waals surface area (Å²) >= 11 is 0. The molecule has 0 aliphatic carbocycles. The van der Waals surface area contributed by atoms with E-state index in [9.17, 15) is 9.46 Å². The van der Waals surface area contributed by atoms with E-state index < -0.39 is 20.5 Å². The third kappa shape index (κ3) is 12.7. The van der Waals surface area contributed by atoms with Gasteiger partial charge in [0.05, 0.1) is 47.6 Å². The quantitative estimate of drug-likeness (QED) is 0.260. The van der Waals surface area contributed by atoms with Crippen molar-refractivity contribution in [2.45, 2.75) is 6.10 Å². The van der Waals surface area contributed by atoms with Crippen molar-refractivity contribution in [1.82, 2.24) is 0 Å². The van der Waals surface area contributed by atoms with Gasteiger partial charge >= 0.3 is 7.82 Å². The number of aliphatic hydroxyl groups is 2. The molecule has 8 nitrogen and oxygen atoms in total. The van der Waals surface area contributed by atoms with Crippen LogP contribution in [-0.2, 0) is 18.3 Å². The van der Waals surface area contributed by atoms with E-state index in [0.29, 0.717) is 11.0 Å². The number of likely N-dealkylation sites (N-methyl/N-ethyl adjacent to an activating group) is 1. The molecule has 0 rings (SSSR count). The lowest BCUT2D eigenvalue weighted by Crippen LogP contribution is -2.37. The maximum absolute atomic E-state index is 11.4. The summed E-state index contributed by atoms with van der Waals surface area (Å²) < 4.78 is 26.4. The summed E-state index contributed by atoms with van der Waals surface area (Å²) in [4.78, 5) is 9.33. The van der Waals surface area contributed by atoms with E-state index in [-0.39, 0.29) is 26.4 Å². The Labute approximate surface area is 113 Å². The van der Waals surface area contributed by atoms with Crippen LogP contribution < -0.4 is 0 Å². The molecule has 0 bridgehead atoms. The number of rotatable bonds is 11. The van der Waals surface area contributed by atoms with E-state index in [2.05, 4.69) is 4.52 Å². The summed E-state index contributed by atoms with van der Waals surface area (Å²) in [5.74, 6) is 0. The number of phosphoric ester groups is 1. The van der Waals surface area contributed by atoms with Crippen LogP contribution in [0.15, 0.2) is 0 Å². The lowest BCUT2D eigenvalue weighted by atomic mass is 10.4. The van der Waals surface area contributed by atoms with Crippen molar-refractivity contribution >= 4 is 7.82 Å². The van der Waals surface area contributed by atoms with Crippen LogP contribution in [0.5, 0.6) is 0 Å². The van der Waals surface area contributed by atoms with Gasteiger partial charge in [0.15, 0.2) is 0 Å². The Balaban J connectivity index is 3.65. The van der Waals surface area contributed by atoms with Crippen LogP contribution in [0.25, 0.3) is 0 Å². The average Bonchev–Trinajstić information content (AvgIpc) is 2.25. The minimum Gasteiger partial charge on any atom is -0.394 e. The maximum Gasteiger partial charge on any atom is 0.472 e. The fourth-order valence-corrected chi connectivity index (χ4v) is 1.64. The first-order chi connectivity index (χ1) is 8.66. The molecule has 0 radical (unpaired) electrons. The lowest BCUT2D eigenvalue weighted by Gasteiger charge is -2.24. The Bertz CT molecular complexity index is 282. The second-order valence-electron chi connectivity index (χ2n) is 5.06. The molecule has 0 saturated heterocycles. The summed E-state index contributed by atoms with van der Waals surface area (Å²) in [6, 6.07) is 0. The molecule has 0 amide bonds. The second kappa shape index (κ2) is 8.99. The first kappa shape index (κ1) is 18.9. The zero-order valence-corrected chi connectivity index (χ0v) is 12.6. The van der Waals surface area contributed by atoms with Crippen LogP contribution >= 0.6 is 7.82 Å². The van der Waals surface area contributed by atoms with Crippen LogP contribution in [-0.4, -0.2) is 86.4 Å². The van der Waals surface area contributed by atoms with Gasteiger partial charge in [-0.05, 0) is 0 Å². The van der Waals surface area contributed by atoms with Gasteiger partial charge in [-0.25, -0.2) is 4.57 Å². The van der Waals surface area contributed by atoms with Crippen molar-refractivity contribution in [3.05, 3.63) is 0 Å². The smallest absolute Gasteiger partial charge is 0.394 e. The first-order valence-electron chi connectivity index (χ1n) is 5.95. The highest BCUT2D eigenvalue weighted by atomic mass is 31.2. The van der Waals surface area contributed by atoms with Gasteiger partial charge in [0.2, 0.25) is 0 Å². The molecule has 0 aromatic rings. The molecule has 0 spiro atoms. The van der Waals surface area contributed by atoms with Crippen molar-refractivity contribution in [3.8, 4) is 0 Å². The molecule has 0 aromatic carbocycles. The predicted molar refractivity (Wildman–Crippen MR) is 68.5 cm³/mol. The summed E-state index contributed by atoms with van der Waals surface area (Å²) in [5.41, 5.74) is 0.